The molecule has 4 aromatic rings. The van der Waals surface area contributed by atoms with Gasteiger partial charge in [-0.25, -0.2) is 0 Å². The Kier molecular flexibility index (Phi) is 6.65. The average Bonchev–Trinajstić information content (AvgIpc) is 2.81. The number of hydrogen-bond donors (Lipinski definition) is 1. The third kappa shape index (κ3) is 5.33. The second-order valence-corrected chi connectivity index (χ2v) is 7.56. The zero-order valence-corrected chi connectivity index (χ0v) is 17.7. The van der Waals surface area contributed by atoms with Crippen molar-refractivity contribution in [1.29, 1.82) is 0 Å². The number of rotatable bonds is 7. The van der Waals surface area contributed by atoms with Crippen LogP contribution in [0.4, 0.5) is 5.69 Å². The van der Waals surface area contributed by atoms with Crippen molar-refractivity contribution in [3.05, 3.63) is 130 Å². The maximum atomic E-state index is 13.1. The van der Waals surface area contributed by atoms with Crippen LogP contribution in [-0.4, -0.2) is 5.91 Å². The lowest BCUT2D eigenvalue weighted by molar-refractivity contribution is 0.102. The Morgan fingerprint density at radius 1 is 0.742 bits per heavy atom. The normalized spacial score (nSPS) is 10.5. The third-order valence-electron chi connectivity index (χ3n) is 4.98. The molecule has 0 bridgehead atoms. The first-order valence-corrected chi connectivity index (χ1v) is 10.5. The lowest BCUT2D eigenvalue weighted by Gasteiger charge is -2.14. The van der Waals surface area contributed by atoms with Crippen molar-refractivity contribution >= 4 is 23.2 Å². The van der Waals surface area contributed by atoms with Crippen LogP contribution in [-0.2, 0) is 13.0 Å². The first-order valence-electron chi connectivity index (χ1n) is 10.1. The SMILES string of the molecule is O=C(Nc1ccccc1Cc1ccccc1)c1ccccc1OCc1ccccc1Cl. The molecule has 0 radical (unpaired) electrons. The zero-order chi connectivity index (χ0) is 21.5. The van der Waals surface area contributed by atoms with Crippen LogP contribution in [0.25, 0.3) is 0 Å². The van der Waals surface area contributed by atoms with Gasteiger partial charge in [0.2, 0.25) is 0 Å². The molecule has 154 valence electrons. The van der Waals surface area contributed by atoms with Gasteiger partial charge >= 0.3 is 0 Å². The van der Waals surface area contributed by atoms with E-state index >= 15 is 0 Å². The number of hydrogen-bond acceptors (Lipinski definition) is 2. The lowest BCUT2D eigenvalue weighted by Crippen LogP contribution is -2.15. The monoisotopic (exact) mass is 427 g/mol. The third-order valence-corrected chi connectivity index (χ3v) is 5.34. The van der Waals surface area contributed by atoms with Crippen molar-refractivity contribution in [2.45, 2.75) is 13.0 Å². The van der Waals surface area contributed by atoms with Crippen LogP contribution in [0.5, 0.6) is 5.75 Å². The van der Waals surface area contributed by atoms with E-state index in [1.165, 1.54) is 5.56 Å². The topological polar surface area (TPSA) is 38.3 Å². The molecule has 4 rings (SSSR count). The Bertz CT molecular complexity index is 1170. The molecule has 0 aromatic heterocycles. The number of para-hydroxylation sites is 2. The van der Waals surface area contributed by atoms with E-state index in [0.717, 1.165) is 23.2 Å². The number of carbonyl (C=O) groups excluding carboxylic acids is 1. The van der Waals surface area contributed by atoms with Gasteiger partial charge in [-0.2, -0.15) is 0 Å². The Morgan fingerprint density at radius 2 is 1.39 bits per heavy atom. The number of halogens is 1. The first kappa shape index (κ1) is 20.7. The van der Waals surface area contributed by atoms with E-state index in [0.29, 0.717) is 16.3 Å². The minimum absolute atomic E-state index is 0.213. The van der Waals surface area contributed by atoms with E-state index in [2.05, 4.69) is 17.4 Å². The number of benzene rings is 4. The molecule has 0 saturated carbocycles. The summed E-state index contributed by atoms with van der Waals surface area (Å²) >= 11 is 6.22. The van der Waals surface area contributed by atoms with Crippen molar-refractivity contribution in [1.82, 2.24) is 0 Å². The van der Waals surface area contributed by atoms with Crippen molar-refractivity contribution in [2.75, 3.05) is 5.32 Å². The Hall–Kier alpha value is -3.56. The standard InChI is InChI=1S/C27H22ClNO2/c28-24-15-7-4-13-22(24)19-31-26-17-9-6-14-23(26)27(30)29-25-16-8-5-12-21(25)18-20-10-2-1-3-11-20/h1-17H,18-19H2,(H,29,30). The van der Waals surface area contributed by atoms with Crippen LogP contribution in [0, 0.1) is 0 Å². The van der Waals surface area contributed by atoms with Crippen LogP contribution in [0.3, 0.4) is 0 Å². The van der Waals surface area contributed by atoms with E-state index in [4.69, 9.17) is 16.3 Å². The summed E-state index contributed by atoms with van der Waals surface area (Å²) in [6.45, 7) is 0.286. The predicted octanol–water partition coefficient (Wildman–Crippen LogP) is 6.76. The van der Waals surface area contributed by atoms with Gasteiger partial charge in [0.1, 0.15) is 12.4 Å². The van der Waals surface area contributed by atoms with E-state index in [1.807, 2.05) is 78.9 Å². The van der Waals surface area contributed by atoms with Gasteiger partial charge in [-0.1, -0.05) is 90.5 Å². The van der Waals surface area contributed by atoms with Gasteiger partial charge in [0, 0.05) is 16.3 Å². The molecule has 0 aliphatic heterocycles. The highest BCUT2D eigenvalue weighted by atomic mass is 35.5. The van der Waals surface area contributed by atoms with Gasteiger partial charge in [0.15, 0.2) is 0 Å². The van der Waals surface area contributed by atoms with Gasteiger partial charge in [0.05, 0.1) is 5.56 Å². The maximum Gasteiger partial charge on any atom is 0.259 e. The molecule has 0 unspecified atom stereocenters. The number of carbonyl (C=O) groups is 1. The molecular weight excluding hydrogens is 406 g/mol. The van der Waals surface area contributed by atoms with Gasteiger partial charge in [-0.05, 0) is 41.8 Å². The van der Waals surface area contributed by atoms with Crippen LogP contribution >= 0.6 is 11.6 Å². The van der Waals surface area contributed by atoms with Crippen LogP contribution in [0.15, 0.2) is 103 Å². The molecule has 0 spiro atoms. The van der Waals surface area contributed by atoms with Gasteiger partial charge < -0.3 is 10.1 Å². The summed E-state index contributed by atoms with van der Waals surface area (Å²) in [5.74, 6) is 0.302. The second kappa shape index (κ2) is 9.96. The predicted molar refractivity (Wildman–Crippen MR) is 126 cm³/mol. The van der Waals surface area contributed by atoms with Gasteiger partial charge in [-0.3, -0.25) is 4.79 Å². The van der Waals surface area contributed by atoms with Crippen molar-refractivity contribution in [3.63, 3.8) is 0 Å². The molecule has 0 heterocycles. The molecule has 0 atom stereocenters. The fraction of sp³-hybridized carbons (Fsp3) is 0.0741. The molecule has 4 aromatic carbocycles. The summed E-state index contributed by atoms with van der Waals surface area (Å²) in [6.07, 6.45) is 0.738. The smallest absolute Gasteiger partial charge is 0.259 e. The molecule has 0 fully saturated rings. The molecule has 3 nitrogen and oxygen atoms in total. The van der Waals surface area contributed by atoms with Crippen LogP contribution < -0.4 is 10.1 Å². The van der Waals surface area contributed by atoms with Crippen molar-refractivity contribution < 1.29 is 9.53 Å². The highest BCUT2D eigenvalue weighted by Gasteiger charge is 2.14. The van der Waals surface area contributed by atoms with Gasteiger partial charge in [0.25, 0.3) is 5.91 Å². The quantitative estimate of drug-likeness (QED) is 0.353. The first-order chi connectivity index (χ1) is 15.2. The molecule has 0 aliphatic rings. The summed E-state index contributed by atoms with van der Waals surface area (Å²) in [5, 5.41) is 3.69. The number of ether oxygens (including phenoxy) is 1. The summed E-state index contributed by atoms with van der Waals surface area (Å²) in [7, 11) is 0. The van der Waals surface area contributed by atoms with Crippen LogP contribution in [0.1, 0.15) is 27.0 Å². The molecule has 1 amide bonds. The van der Waals surface area contributed by atoms with Crippen LogP contribution in [0.2, 0.25) is 5.02 Å². The maximum absolute atomic E-state index is 13.1. The highest BCUT2D eigenvalue weighted by molar-refractivity contribution is 6.31. The highest BCUT2D eigenvalue weighted by Crippen LogP contribution is 2.25. The average molecular weight is 428 g/mol. The molecule has 0 aliphatic carbocycles. The Morgan fingerprint density at radius 3 is 2.19 bits per heavy atom. The van der Waals surface area contributed by atoms with E-state index < -0.39 is 0 Å². The fourth-order valence-electron chi connectivity index (χ4n) is 3.35. The number of amides is 1. The van der Waals surface area contributed by atoms with Crippen molar-refractivity contribution in [3.8, 4) is 5.75 Å². The molecule has 31 heavy (non-hydrogen) atoms. The minimum Gasteiger partial charge on any atom is -0.488 e. The lowest BCUT2D eigenvalue weighted by atomic mass is 10.0. The van der Waals surface area contributed by atoms with Gasteiger partial charge in [-0.15, -0.1) is 0 Å². The summed E-state index contributed by atoms with van der Waals surface area (Å²) in [5.41, 5.74) is 4.37. The fourth-order valence-corrected chi connectivity index (χ4v) is 3.54. The molecular formula is C27H22ClNO2. The zero-order valence-electron chi connectivity index (χ0n) is 16.9. The molecule has 4 heteroatoms. The largest absolute Gasteiger partial charge is 0.488 e. The van der Waals surface area contributed by atoms with E-state index in [9.17, 15) is 4.79 Å². The number of nitrogens with one attached hydrogen (secondary N) is 1. The van der Waals surface area contributed by atoms with E-state index in [-0.39, 0.29) is 12.5 Å². The minimum atomic E-state index is -0.213. The Labute approximate surface area is 187 Å². The second-order valence-electron chi connectivity index (χ2n) is 7.15. The van der Waals surface area contributed by atoms with Crippen molar-refractivity contribution in [2.24, 2.45) is 0 Å². The molecule has 0 saturated heterocycles. The molecule has 1 N–H and O–H groups in total. The number of anilines is 1. The van der Waals surface area contributed by atoms with E-state index in [1.54, 1.807) is 12.1 Å². The summed E-state index contributed by atoms with van der Waals surface area (Å²) in [4.78, 5) is 13.1. The Balaban J connectivity index is 1.52. The summed E-state index contributed by atoms with van der Waals surface area (Å²) < 4.78 is 5.94. The summed E-state index contributed by atoms with van der Waals surface area (Å²) in [6, 6.07) is 32.8.